The Labute approximate surface area is 184 Å². The van der Waals surface area contributed by atoms with E-state index in [2.05, 4.69) is 10.2 Å². The summed E-state index contributed by atoms with van der Waals surface area (Å²) in [6.45, 7) is 13.3. The van der Waals surface area contributed by atoms with Gasteiger partial charge in [-0.15, -0.1) is 0 Å². The normalized spacial score (nSPS) is 9.81. The Morgan fingerprint density at radius 2 is 1.39 bits per heavy atom. The van der Waals surface area contributed by atoms with E-state index in [-0.39, 0.29) is 16.9 Å². The summed E-state index contributed by atoms with van der Waals surface area (Å²) in [5, 5.41) is 0. The summed E-state index contributed by atoms with van der Waals surface area (Å²) in [5.74, 6) is -1.92. The van der Waals surface area contributed by atoms with Crippen LogP contribution in [0.1, 0.15) is 79.5 Å². The summed E-state index contributed by atoms with van der Waals surface area (Å²) in [7, 11) is 1.23. The maximum Gasteiger partial charge on any atom is 0.343 e. The molecule has 0 bridgehead atoms. The van der Waals surface area contributed by atoms with Gasteiger partial charge in [0, 0.05) is 0 Å². The molecule has 170 valence electrons. The fourth-order valence-electron chi connectivity index (χ4n) is 2.03. The number of amides is 1. The van der Waals surface area contributed by atoms with E-state index >= 15 is 0 Å². The third-order valence-electron chi connectivity index (χ3n) is 3.31. The molecule has 2 aromatic rings. The van der Waals surface area contributed by atoms with Crippen molar-refractivity contribution in [2.24, 2.45) is 0 Å². The zero-order valence-corrected chi connectivity index (χ0v) is 19.6. The van der Waals surface area contributed by atoms with Gasteiger partial charge in [-0.1, -0.05) is 45.9 Å². The van der Waals surface area contributed by atoms with Gasteiger partial charge >= 0.3 is 11.9 Å². The van der Waals surface area contributed by atoms with Gasteiger partial charge in [0.05, 0.1) is 29.4 Å². The second-order valence-electron chi connectivity index (χ2n) is 6.60. The highest BCUT2D eigenvalue weighted by Gasteiger charge is 2.21. The van der Waals surface area contributed by atoms with Crippen LogP contribution in [-0.2, 0) is 9.57 Å². The number of hydroxylamine groups is 1. The van der Waals surface area contributed by atoms with Crippen LogP contribution in [-0.4, -0.2) is 30.6 Å². The first-order chi connectivity index (χ1) is 14.7. The Kier molecular flexibility index (Phi) is 12.5. The number of carbonyl (C=O) groups excluding carboxylic acids is 3. The molecule has 1 N–H and O–H groups in total. The third kappa shape index (κ3) is 9.44. The minimum Gasteiger partial charge on any atom is -0.465 e. The molecule has 0 atom stereocenters. The van der Waals surface area contributed by atoms with Gasteiger partial charge in [0.25, 0.3) is 5.91 Å². The minimum atomic E-state index is -0.661. The summed E-state index contributed by atoms with van der Waals surface area (Å²) in [4.78, 5) is 41.8. The van der Waals surface area contributed by atoms with E-state index < -0.39 is 23.4 Å². The predicted molar refractivity (Wildman–Crippen MR) is 120 cm³/mol. The topological polar surface area (TPSA) is 90.9 Å². The molecule has 1 amide bonds. The molecule has 0 aliphatic carbocycles. The van der Waals surface area contributed by atoms with Gasteiger partial charge < -0.3 is 9.47 Å². The van der Waals surface area contributed by atoms with Crippen LogP contribution in [0.2, 0.25) is 0 Å². The van der Waals surface area contributed by atoms with E-state index in [0.717, 1.165) is 0 Å². The molecule has 31 heavy (non-hydrogen) atoms. The number of esters is 2. The maximum absolute atomic E-state index is 12.5. The van der Waals surface area contributed by atoms with Gasteiger partial charge in [0.1, 0.15) is 5.75 Å². The lowest BCUT2D eigenvalue weighted by molar-refractivity contribution is -0.0590. The fourth-order valence-corrected chi connectivity index (χ4v) is 2.03. The van der Waals surface area contributed by atoms with E-state index in [9.17, 15) is 14.4 Å². The average Bonchev–Trinajstić information content (AvgIpc) is 2.80. The lowest BCUT2D eigenvalue weighted by Gasteiger charge is -2.19. The highest BCUT2D eigenvalue weighted by Crippen LogP contribution is 2.22. The number of rotatable bonds is 5. The van der Waals surface area contributed by atoms with Crippen LogP contribution >= 0.6 is 0 Å². The van der Waals surface area contributed by atoms with Gasteiger partial charge in [0.2, 0.25) is 0 Å². The molecular formula is C24H33NO6. The summed E-state index contributed by atoms with van der Waals surface area (Å²) in [6, 6.07) is 12.4. The van der Waals surface area contributed by atoms with E-state index in [1.807, 2.05) is 27.7 Å². The Morgan fingerprint density at radius 3 is 1.90 bits per heavy atom. The molecule has 0 radical (unpaired) electrons. The molecular weight excluding hydrogens is 398 g/mol. The number of nitrogens with one attached hydrogen (secondary N) is 1. The zero-order chi connectivity index (χ0) is 24.0. The van der Waals surface area contributed by atoms with Crippen molar-refractivity contribution in [1.82, 2.24) is 5.48 Å². The van der Waals surface area contributed by atoms with Crippen molar-refractivity contribution in [1.29, 1.82) is 0 Å². The van der Waals surface area contributed by atoms with Crippen molar-refractivity contribution in [3.63, 3.8) is 0 Å². The summed E-state index contributed by atoms with van der Waals surface area (Å²) in [5.41, 5.74) is 2.09. The number of methoxy groups -OCH3 is 1. The molecule has 7 heteroatoms. The van der Waals surface area contributed by atoms with Crippen LogP contribution < -0.4 is 10.2 Å². The molecule has 7 nitrogen and oxygen atoms in total. The van der Waals surface area contributed by atoms with Crippen LogP contribution in [0, 0.1) is 0 Å². The van der Waals surface area contributed by atoms with Crippen molar-refractivity contribution in [2.45, 2.75) is 54.1 Å². The lowest BCUT2D eigenvalue weighted by atomic mass is 10.1. The Hall–Kier alpha value is -3.19. The van der Waals surface area contributed by atoms with Crippen LogP contribution in [0.25, 0.3) is 0 Å². The zero-order valence-electron chi connectivity index (χ0n) is 19.6. The minimum absolute atomic E-state index is 0.00786. The SMILES string of the molecule is CC.CC.COC(=O)c1ccc(OC(=O)c2ccccc2)c(C(=O)NOC(C)(C)C)c1. The van der Waals surface area contributed by atoms with Crippen LogP contribution in [0.4, 0.5) is 0 Å². The van der Waals surface area contributed by atoms with Crippen molar-refractivity contribution in [3.8, 4) is 5.75 Å². The average molecular weight is 432 g/mol. The highest BCUT2D eigenvalue weighted by atomic mass is 16.7. The van der Waals surface area contributed by atoms with Gasteiger partial charge in [0.15, 0.2) is 0 Å². The Bertz CT molecular complexity index is 841. The molecule has 0 fully saturated rings. The molecule has 0 unspecified atom stereocenters. The standard InChI is InChI=1S/C20H21NO6.2C2H6/c1-20(2,3)27-21-17(22)15-12-14(18(23)25-4)10-11-16(15)26-19(24)13-8-6-5-7-9-13;2*1-2/h5-12H,1-4H3,(H,21,22);2*1-2H3. The van der Waals surface area contributed by atoms with Crippen molar-refractivity contribution < 1.29 is 28.7 Å². The second kappa shape index (κ2) is 13.9. The van der Waals surface area contributed by atoms with Gasteiger partial charge in [-0.3, -0.25) is 9.63 Å². The predicted octanol–water partition coefficient (Wildman–Crippen LogP) is 5.20. The molecule has 0 heterocycles. The van der Waals surface area contributed by atoms with Crippen LogP contribution in [0.3, 0.4) is 0 Å². The van der Waals surface area contributed by atoms with Crippen molar-refractivity contribution in [2.75, 3.05) is 7.11 Å². The van der Waals surface area contributed by atoms with Crippen LogP contribution in [0.5, 0.6) is 5.75 Å². The Balaban J connectivity index is 0.00000212. The van der Waals surface area contributed by atoms with Gasteiger partial charge in [-0.25, -0.2) is 15.1 Å². The van der Waals surface area contributed by atoms with E-state index in [1.165, 1.54) is 25.3 Å². The molecule has 0 saturated carbocycles. The maximum atomic E-state index is 12.5. The molecule has 2 aromatic carbocycles. The number of ether oxygens (including phenoxy) is 2. The van der Waals surface area contributed by atoms with E-state index in [0.29, 0.717) is 5.56 Å². The van der Waals surface area contributed by atoms with E-state index in [4.69, 9.17) is 9.57 Å². The number of carbonyl (C=O) groups is 3. The smallest absolute Gasteiger partial charge is 0.343 e. The van der Waals surface area contributed by atoms with Gasteiger partial charge in [-0.05, 0) is 51.1 Å². The fraction of sp³-hybridized carbons (Fsp3) is 0.375. The van der Waals surface area contributed by atoms with Crippen molar-refractivity contribution >= 4 is 17.8 Å². The number of hydrogen-bond acceptors (Lipinski definition) is 6. The van der Waals surface area contributed by atoms with E-state index in [1.54, 1.807) is 51.1 Å². The van der Waals surface area contributed by atoms with Crippen molar-refractivity contribution in [3.05, 3.63) is 65.2 Å². The molecule has 0 saturated heterocycles. The number of benzene rings is 2. The summed E-state index contributed by atoms with van der Waals surface area (Å²) >= 11 is 0. The highest BCUT2D eigenvalue weighted by molar-refractivity contribution is 6.01. The summed E-state index contributed by atoms with van der Waals surface area (Å²) < 4.78 is 10.0. The molecule has 0 spiro atoms. The third-order valence-corrected chi connectivity index (χ3v) is 3.31. The molecule has 0 aromatic heterocycles. The monoisotopic (exact) mass is 431 g/mol. The molecule has 0 aliphatic rings. The number of hydrogen-bond donors (Lipinski definition) is 1. The largest absolute Gasteiger partial charge is 0.465 e. The summed E-state index contributed by atoms with van der Waals surface area (Å²) in [6.07, 6.45) is 0. The van der Waals surface area contributed by atoms with Crippen LogP contribution in [0.15, 0.2) is 48.5 Å². The lowest BCUT2D eigenvalue weighted by Crippen LogP contribution is -2.34. The second-order valence-corrected chi connectivity index (χ2v) is 6.60. The first kappa shape index (κ1) is 27.8. The van der Waals surface area contributed by atoms with Gasteiger partial charge in [-0.2, -0.15) is 0 Å². The first-order valence-corrected chi connectivity index (χ1v) is 10.2. The molecule has 2 rings (SSSR count). The molecule has 0 aliphatic heterocycles. The quantitative estimate of drug-likeness (QED) is 0.397. The first-order valence-electron chi connectivity index (χ1n) is 10.2. The Morgan fingerprint density at radius 1 is 0.806 bits per heavy atom.